The third-order valence-corrected chi connectivity index (χ3v) is 3.29. The lowest BCUT2D eigenvalue weighted by molar-refractivity contribution is 0.628. The molecule has 2 aromatic rings. The van der Waals surface area contributed by atoms with Gasteiger partial charge in [-0.2, -0.15) is 0 Å². The van der Waals surface area contributed by atoms with Gasteiger partial charge < -0.3 is 5.32 Å². The number of anilines is 1. The number of pyridine rings is 1. The maximum Gasteiger partial charge on any atom is 0.125 e. The molecule has 0 amide bonds. The standard InChI is InChI=1S/C15H19FN2/c1-5-6-17-15-10(3)11(4)18-13-8-12(16)7-9(2)14(13)15/h7-8H,5-6H2,1-4H3,(H,17,18). The largest absolute Gasteiger partial charge is 0.384 e. The highest BCUT2D eigenvalue weighted by Crippen LogP contribution is 2.31. The van der Waals surface area contributed by atoms with Crippen LogP contribution in [-0.4, -0.2) is 11.5 Å². The predicted octanol–water partition coefficient (Wildman–Crippen LogP) is 4.12. The highest BCUT2D eigenvalue weighted by atomic mass is 19.1. The van der Waals surface area contributed by atoms with Crippen molar-refractivity contribution in [3.63, 3.8) is 0 Å². The molecule has 0 bridgehead atoms. The molecule has 0 aliphatic heterocycles. The molecule has 0 unspecified atom stereocenters. The van der Waals surface area contributed by atoms with Crippen LogP contribution in [0.3, 0.4) is 0 Å². The molecule has 0 saturated heterocycles. The zero-order chi connectivity index (χ0) is 13.3. The minimum atomic E-state index is -0.225. The number of benzene rings is 1. The second-order valence-electron chi connectivity index (χ2n) is 4.74. The molecule has 2 rings (SSSR count). The Morgan fingerprint density at radius 3 is 2.61 bits per heavy atom. The van der Waals surface area contributed by atoms with E-state index < -0.39 is 0 Å². The van der Waals surface area contributed by atoms with E-state index in [0.717, 1.165) is 46.4 Å². The molecule has 96 valence electrons. The number of nitrogens with zero attached hydrogens (tertiary/aromatic N) is 1. The highest BCUT2D eigenvalue weighted by Gasteiger charge is 2.12. The predicted molar refractivity (Wildman–Crippen MR) is 74.7 cm³/mol. The molecule has 1 N–H and O–H groups in total. The van der Waals surface area contributed by atoms with Crippen molar-refractivity contribution < 1.29 is 4.39 Å². The third kappa shape index (κ3) is 2.17. The minimum Gasteiger partial charge on any atom is -0.384 e. The molecular formula is C15H19FN2. The summed E-state index contributed by atoms with van der Waals surface area (Å²) in [7, 11) is 0. The van der Waals surface area contributed by atoms with Crippen molar-refractivity contribution >= 4 is 16.6 Å². The fourth-order valence-corrected chi connectivity index (χ4v) is 2.24. The molecule has 2 nitrogen and oxygen atoms in total. The van der Waals surface area contributed by atoms with Crippen molar-refractivity contribution in [1.29, 1.82) is 0 Å². The van der Waals surface area contributed by atoms with Gasteiger partial charge >= 0.3 is 0 Å². The van der Waals surface area contributed by atoms with Crippen LogP contribution >= 0.6 is 0 Å². The van der Waals surface area contributed by atoms with Gasteiger partial charge in [0, 0.05) is 29.4 Å². The van der Waals surface area contributed by atoms with Crippen LogP contribution in [0.5, 0.6) is 0 Å². The molecule has 1 aromatic carbocycles. The number of aryl methyl sites for hydroxylation is 2. The van der Waals surface area contributed by atoms with Crippen LogP contribution in [-0.2, 0) is 0 Å². The molecule has 0 radical (unpaired) electrons. The average Bonchev–Trinajstić information content (AvgIpc) is 2.30. The van der Waals surface area contributed by atoms with Crippen molar-refractivity contribution in [3.8, 4) is 0 Å². The number of nitrogens with one attached hydrogen (secondary N) is 1. The molecule has 3 heteroatoms. The Bertz CT molecular complexity index is 591. The number of hydrogen-bond donors (Lipinski definition) is 1. The summed E-state index contributed by atoms with van der Waals surface area (Å²) in [5.41, 5.74) is 4.85. The summed E-state index contributed by atoms with van der Waals surface area (Å²) in [4.78, 5) is 4.49. The third-order valence-electron chi connectivity index (χ3n) is 3.29. The first-order valence-corrected chi connectivity index (χ1v) is 6.35. The van der Waals surface area contributed by atoms with Gasteiger partial charge in [0.25, 0.3) is 0 Å². The van der Waals surface area contributed by atoms with Crippen LogP contribution in [0.15, 0.2) is 12.1 Å². The van der Waals surface area contributed by atoms with E-state index in [0.29, 0.717) is 0 Å². The van der Waals surface area contributed by atoms with Gasteiger partial charge in [0.1, 0.15) is 5.82 Å². The smallest absolute Gasteiger partial charge is 0.125 e. The zero-order valence-electron chi connectivity index (χ0n) is 11.4. The Kier molecular flexibility index (Phi) is 3.50. The van der Waals surface area contributed by atoms with E-state index in [1.54, 1.807) is 6.07 Å². The van der Waals surface area contributed by atoms with Crippen molar-refractivity contribution in [2.75, 3.05) is 11.9 Å². The van der Waals surface area contributed by atoms with Gasteiger partial charge in [-0.25, -0.2) is 4.39 Å². The monoisotopic (exact) mass is 246 g/mol. The number of fused-ring (bicyclic) bond motifs is 1. The first-order chi connectivity index (χ1) is 8.54. The molecular weight excluding hydrogens is 227 g/mol. The summed E-state index contributed by atoms with van der Waals surface area (Å²) in [5, 5.41) is 4.48. The Labute approximate surface area is 107 Å². The summed E-state index contributed by atoms with van der Waals surface area (Å²) < 4.78 is 13.5. The fourth-order valence-electron chi connectivity index (χ4n) is 2.24. The fraction of sp³-hybridized carbons (Fsp3) is 0.400. The van der Waals surface area contributed by atoms with Crippen LogP contribution in [0.2, 0.25) is 0 Å². The first-order valence-electron chi connectivity index (χ1n) is 6.35. The maximum atomic E-state index is 13.5. The number of aromatic nitrogens is 1. The molecule has 0 fully saturated rings. The van der Waals surface area contributed by atoms with Crippen molar-refractivity contribution in [3.05, 3.63) is 34.8 Å². The highest BCUT2D eigenvalue weighted by molar-refractivity contribution is 5.96. The molecule has 0 saturated carbocycles. The van der Waals surface area contributed by atoms with Gasteiger partial charge in [-0.05, 0) is 44.4 Å². The van der Waals surface area contributed by atoms with E-state index in [4.69, 9.17) is 0 Å². The van der Waals surface area contributed by atoms with Gasteiger partial charge in [0.2, 0.25) is 0 Å². The molecule has 18 heavy (non-hydrogen) atoms. The second-order valence-corrected chi connectivity index (χ2v) is 4.74. The van der Waals surface area contributed by atoms with E-state index in [9.17, 15) is 4.39 Å². The summed E-state index contributed by atoms with van der Waals surface area (Å²) in [6, 6.07) is 3.07. The Morgan fingerprint density at radius 2 is 1.94 bits per heavy atom. The lowest BCUT2D eigenvalue weighted by Crippen LogP contribution is -2.05. The quantitative estimate of drug-likeness (QED) is 0.881. The van der Waals surface area contributed by atoms with Gasteiger partial charge in [-0.3, -0.25) is 4.98 Å². The molecule has 0 aliphatic carbocycles. The Hall–Kier alpha value is -1.64. The average molecular weight is 246 g/mol. The van der Waals surface area contributed by atoms with Gasteiger partial charge in [0.05, 0.1) is 5.52 Å². The first kappa shape index (κ1) is 12.8. The second kappa shape index (κ2) is 4.92. The lowest BCUT2D eigenvalue weighted by Gasteiger charge is -2.16. The molecule has 0 aliphatic rings. The molecule has 1 aromatic heterocycles. The summed E-state index contributed by atoms with van der Waals surface area (Å²) in [6.07, 6.45) is 1.06. The number of hydrogen-bond acceptors (Lipinski definition) is 2. The summed E-state index contributed by atoms with van der Waals surface area (Å²) >= 11 is 0. The maximum absolute atomic E-state index is 13.5. The topological polar surface area (TPSA) is 24.9 Å². The normalized spacial score (nSPS) is 10.9. The number of halogens is 1. The van der Waals surface area contributed by atoms with E-state index in [1.807, 2.05) is 13.8 Å². The van der Waals surface area contributed by atoms with Crippen LogP contribution in [0.1, 0.15) is 30.2 Å². The van der Waals surface area contributed by atoms with Crippen LogP contribution < -0.4 is 5.32 Å². The summed E-state index contributed by atoms with van der Waals surface area (Å²) in [6.45, 7) is 9.00. The van der Waals surface area contributed by atoms with E-state index >= 15 is 0 Å². The van der Waals surface area contributed by atoms with E-state index in [1.165, 1.54) is 6.07 Å². The Morgan fingerprint density at radius 1 is 1.22 bits per heavy atom. The van der Waals surface area contributed by atoms with Crippen molar-refractivity contribution in [2.24, 2.45) is 0 Å². The van der Waals surface area contributed by atoms with Gasteiger partial charge in [-0.1, -0.05) is 6.92 Å². The number of rotatable bonds is 3. The zero-order valence-corrected chi connectivity index (χ0v) is 11.4. The van der Waals surface area contributed by atoms with E-state index in [2.05, 4.69) is 24.1 Å². The van der Waals surface area contributed by atoms with E-state index in [-0.39, 0.29) is 5.82 Å². The van der Waals surface area contributed by atoms with Gasteiger partial charge in [-0.15, -0.1) is 0 Å². The van der Waals surface area contributed by atoms with Crippen molar-refractivity contribution in [1.82, 2.24) is 4.98 Å². The molecule has 1 heterocycles. The van der Waals surface area contributed by atoms with Crippen molar-refractivity contribution in [2.45, 2.75) is 34.1 Å². The van der Waals surface area contributed by atoms with Gasteiger partial charge in [0.15, 0.2) is 0 Å². The minimum absolute atomic E-state index is 0.225. The van der Waals surface area contributed by atoms with Crippen LogP contribution in [0.4, 0.5) is 10.1 Å². The lowest BCUT2D eigenvalue weighted by atomic mass is 10.0. The molecule has 0 atom stereocenters. The SMILES string of the molecule is CCCNc1c(C)c(C)nc2cc(F)cc(C)c12. The van der Waals surface area contributed by atoms with Crippen LogP contribution in [0, 0.1) is 26.6 Å². The van der Waals surface area contributed by atoms with Crippen LogP contribution in [0.25, 0.3) is 10.9 Å². The Balaban J connectivity index is 2.75. The molecule has 0 spiro atoms. The summed E-state index contributed by atoms with van der Waals surface area (Å²) in [5.74, 6) is -0.225.